The molecule has 0 N–H and O–H groups in total. The molecule has 1 fully saturated rings. The predicted octanol–water partition coefficient (Wildman–Crippen LogP) is 0.127. The molecule has 3 rings (SSSR count). The standard InChI is InChI=1S/C12H14N4O2/c1-14-5-4-11(17)15(12(14)18)7-10-6-13-8-16(10)9-2-3-9/h4-6,8-9H,2-3,7H2,1H3. The average Bonchev–Trinajstić information content (AvgIpc) is 3.10. The highest BCUT2D eigenvalue weighted by molar-refractivity contribution is 5.05. The number of hydrogen-bond acceptors (Lipinski definition) is 3. The van der Waals surface area contributed by atoms with Gasteiger partial charge in [0, 0.05) is 31.5 Å². The molecule has 18 heavy (non-hydrogen) atoms. The fourth-order valence-electron chi connectivity index (χ4n) is 2.06. The van der Waals surface area contributed by atoms with Crippen molar-refractivity contribution in [1.29, 1.82) is 0 Å². The number of aromatic nitrogens is 4. The van der Waals surface area contributed by atoms with Gasteiger partial charge in [0.05, 0.1) is 18.6 Å². The van der Waals surface area contributed by atoms with E-state index in [1.807, 2.05) is 0 Å². The first-order valence-electron chi connectivity index (χ1n) is 5.94. The fourth-order valence-corrected chi connectivity index (χ4v) is 2.06. The maximum atomic E-state index is 11.9. The Morgan fingerprint density at radius 2 is 2.17 bits per heavy atom. The van der Waals surface area contributed by atoms with Gasteiger partial charge in [-0.1, -0.05) is 0 Å². The molecule has 0 spiro atoms. The number of imidazole rings is 1. The lowest BCUT2D eigenvalue weighted by atomic mass is 10.4. The lowest BCUT2D eigenvalue weighted by molar-refractivity contribution is 0.597. The fraction of sp³-hybridized carbons (Fsp3) is 0.417. The summed E-state index contributed by atoms with van der Waals surface area (Å²) >= 11 is 0. The zero-order chi connectivity index (χ0) is 12.7. The van der Waals surface area contributed by atoms with Gasteiger partial charge in [-0.2, -0.15) is 0 Å². The Morgan fingerprint density at radius 3 is 2.89 bits per heavy atom. The first kappa shape index (κ1) is 11.0. The van der Waals surface area contributed by atoms with Crippen LogP contribution in [-0.2, 0) is 13.6 Å². The smallest absolute Gasteiger partial charge is 0.330 e. The van der Waals surface area contributed by atoms with Crippen molar-refractivity contribution in [2.24, 2.45) is 7.05 Å². The summed E-state index contributed by atoms with van der Waals surface area (Å²) in [6.07, 6.45) is 7.26. The van der Waals surface area contributed by atoms with Crippen LogP contribution in [0.1, 0.15) is 24.6 Å². The third-order valence-electron chi connectivity index (χ3n) is 3.25. The molecule has 6 heteroatoms. The predicted molar refractivity (Wildman–Crippen MR) is 65.5 cm³/mol. The third kappa shape index (κ3) is 1.79. The topological polar surface area (TPSA) is 61.8 Å². The molecule has 0 atom stereocenters. The second-order valence-electron chi connectivity index (χ2n) is 4.66. The molecule has 94 valence electrons. The van der Waals surface area contributed by atoms with Crippen LogP contribution in [0.15, 0.2) is 34.4 Å². The van der Waals surface area contributed by atoms with E-state index in [0.717, 1.165) is 18.5 Å². The van der Waals surface area contributed by atoms with Gasteiger partial charge in [0.25, 0.3) is 5.56 Å². The Balaban J connectivity index is 2.02. The number of rotatable bonds is 3. The van der Waals surface area contributed by atoms with Gasteiger partial charge >= 0.3 is 5.69 Å². The van der Waals surface area contributed by atoms with Crippen molar-refractivity contribution < 1.29 is 0 Å². The van der Waals surface area contributed by atoms with Crippen LogP contribution in [0.3, 0.4) is 0 Å². The average molecular weight is 246 g/mol. The van der Waals surface area contributed by atoms with Crippen LogP contribution < -0.4 is 11.2 Å². The Hall–Kier alpha value is -2.11. The quantitative estimate of drug-likeness (QED) is 0.773. The zero-order valence-corrected chi connectivity index (χ0v) is 10.1. The van der Waals surface area contributed by atoms with Crippen molar-refractivity contribution >= 4 is 0 Å². The van der Waals surface area contributed by atoms with Gasteiger partial charge in [-0.25, -0.2) is 9.78 Å². The minimum atomic E-state index is -0.300. The van der Waals surface area contributed by atoms with E-state index in [9.17, 15) is 9.59 Å². The summed E-state index contributed by atoms with van der Waals surface area (Å²) in [5.74, 6) is 0. The van der Waals surface area contributed by atoms with Crippen molar-refractivity contribution in [2.75, 3.05) is 0 Å². The number of aryl methyl sites for hydroxylation is 1. The molecule has 0 aromatic carbocycles. The third-order valence-corrected chi connectivity index (χ3v) is 3.25. The van der Waals surface area contributed by atoms with Gasteiger partial charge in [-0.3, -0.25) is 9.36 Å². The Morgan fingerprint density at radius 1 is 1.39 bits per heavy atom. The van der Waals surface area contributed by atoms with Gasteiger partial charge < -0.3 is 9.13 Å². The Labute approximate surface area is 103 Å². The van der Waals surface area contributed by atoms with Crippen LogP contribution in [-0.4, -0.2) is 18.7 Å². The number of nitrogens with zero attached hydrogens (tertiary/aromatic N) is 4. The van der Waals surface area contributed by atoms with E-state index in [-0.39, 0.29) is 17.8 Å². The summed E-state index contributed by atoms with van der Waals surface area (Å²) < 4.78 is 4.69. The molecule has 6 nitrogen and oxygen atoms in total. The van der Waals surface area contributed by atoms with Crippen LogP contribution in [0.5, 0.6) is 0 Å². The van der Waals surface area contributed by atoms with Crippen LogP contribution >= 0.6 is 0 Å². The summed E-state index contributed by atoms with van der Waals surface area (Å²) in [6.45, 7) is 0.281. The van der Waals surface area contributed by atoms with Crippen LogP contribution in [0.2, 0.25) is 0 Å². The Bertz CT molecular complexity index is 691. The highest BCUT2D eigenvalue weighted by Crippen LogP contribution is 2.35. The van der Waals surface area contributed by atoms with E-state index in [1.54, 1.807) is 19.6 Å². The normalized spacial score (nSPS) is 14.9. The first-order chi connectivity index (χ1) is 8.66. The molecule has 2 heterocycles. The molecule has 0 saturated heterocycles. The molecule has 1 aliphatic carbocycles. The van der Waals surface area contributed by atoms with Crippen molar-refractivity contribution in [2.45, 2.75) is 25.4 Å². The maximum Gasteiger partial charge on any atom is 0.331 e. The molecule has 0 unspecified atom stereocenters. The molecule has 0 radical (unpaired) electrons. The van der Waals surface area contributed by atoms with Gasteiger partial charge in [-0.15, -0.1) is 0 Å². The van der Waals surface area contributed by atoms with Crippen LogP contribution in [0.4, 0.5) is 0 Å². The second-order valence-corrected chi connectivity index (χ2v) is 4.66. The highest BCUT2D eigenvalue weighted by Gasteiger charge is 2.25. The lowest BCUT2D eigenvalue weighted by Crippen LogP contribution is -2.38. The summed E-state index contributed by atoms with van der Waals surface area (Å²) in [6, 6.07) is 1.89. The molecule has 2 aromatic heterocycles. The van der Waals surface area contributed by atoms with Gasteiger partial charge in [0.1, 0.15) is 0 Å². The van der Waals surface area contributed by atoms with E-state index in [0.29, 0.717) is 6.04 Å². The largest absolute Gasteiger partial charge is 0.331 e. The molecule has 1 saturated carbocycles. The van der Waals surface area contributed by atoms with E-state index in [4.69, 9.17) is 0 Å². The molecular weight excluding hydrogens is 232 g/mol. The van der Waals surface area contributed by atoms with Crippen molar-refractivity contribution in [3.05, 3.63) is 51.3 Å². The van der Waals surface area contributed by atoms with E-state index in [2.05, 4.69) is 9.55 Å². The zero-order valence-electron chi connectivity index (χ0n) is 10.1. The minimum Gasteiger partial charge on any atom is -0.330 e. The lowest BCUT2D eigenvalue weighted by Gasteiger charge is -2.09. The molecule has 0 aliphatic heterocycles. The van der Waals surface area contributed by atoms with Crippen LogP contribution in [0.25, 0.3) is 0 Å². The van der Waals surface area contributed by atoms with Crippen molar-refractivity contribution in [3.8, 4) is 0 Å². The molecule has 0 bridgehead atoms. The summed E-state index contributed by atoms with van der Waals surface area (Å²) in [4.78, 5) is 27.7. The minimum absolute atomic E-state index is 0.276. The monoisotopic (exact) mass is 246 g/mol. The maximum absolute atomic E-state index is 11.9. The molecular formula is C12H14N4O2. The van der Waals surface area contributed by atoms with Crippen molar-refractivity contribution in [1.82, 2.24) is 18.7 Å². The summed E-state index contributed by atoms with van der Waals surface area (Å²) in [7, 11) is 1.64. The Kier molecular flexibility index (Phi) is 2.43. The SMILES string of the molecule is Cn1ccc(=O)n(Cc2cncn2C2CC2)c1=O. The van der Waals surface area contributed by atoms with Crippen LogP contribution in [0, 0.1) is 0 Å². The van der Waals surface area contributed by atoms with Gasteiger partial charge in [0.2, 0.25) is 0 Å². The van der Waals surface area contributed by atoms with E-state index in [1.165, 1.54) is 21.4 Å². The molecule has 0 amide bonds. The van der Waals surface area contributed by atoms with E-state index >= 15 is 0 Å². The first-order valence-corrected chi connectivity index (χ1v) is 5.94. The van der Waals surface area contributed by atoms with Gasteiger partial charge in [0.15, 0.2) is 0 Å². The molecule has 2 aromatic rings. The highest BCUT2D eigenvalue weighted by atomic mass is 16.2. The second kappa shape index (κ2) is 3.97. The number of hydrogen-bond donors (Lipinski definition) is 0. The van der Waals surface area contributed by atoms with Crippen molar-refractivity contribution in [3.63, 3.8) is 0 Å². The van der Waals surface area contributed by atoms with Gasteiger partial charge in [-0.05, 0) is 12.8 Å². The van der Waals surface area contributed by atoms with E-state index < -0.39 is 0 Å². The summed E-state index contributed by atoms with van der Waals surface area (Å²) in [5, 5.41) is 0. The summed E-state index contributed by atoms with van der Waals surface area (Å²) in [5.41, 5.74) is 0.329. The molecule has 1 aliphatic rings.